The standard InChI is InChI=1S/C19H12Br2FNO4/c1-2-16(24)26-17-13(20)6-10(7-14(17)21)8-15-19(25)27-18(23-15)11-4-3-5-12(22)9-11/h3-9H,2H2,1H3/b15-8-. The molecule has 1 heterocycles. The van der Waals surface area contributed by atoms with Gasteiger partial charge in [-0.3, -0.25) is 4.79 Å². The van der Waals surface area contributed by atoms with Crippen LogP contribution >= 0.6 is 31.9 Å². The second-order valence-electron chi connectivity index (χ2n) is 5.49. The summed E-state index contributed by atoms with van der Waals surface area (Å²) in [6.07, 6.45) is 1.77. The Morgan fingerprint density at radius 1 is 1.26 bits per heavy atom. The summed E-state index contributed by atoms with van der Waals surface area (Å²) in [5, 5.41) is 0. The van der Waals surface area contributed by atoms with Gasteiger partial charge in [-0.2, -0.15) is 0 Å². The summed E-state index contributed by atoms with van der Waals surface area (Å²) in [4.78, 5) is 27.7. The Morgan fingerprint density at radius 2 is 1.96 bits per heavy atom. The lowest BCUT2D eigenvalue weighted by Gasteiger charge is -2.09. The van der Waals surface area contributed by atoms with Crippen molar-refractivity contribution in [3.05, 3.63) is 68.0 Å². The van der Waals surface area contributed by atoms with E-state index in [2.05, 4.69) is 36.9 Å². The summed E-state index contributed by atoms with van der Waals surface area (Å²) in [6, 6.07) is 8.99. The molecule has 3 rings (SSSR count). The third kappa shape index (κ3) is 4.51. The van der Waals surface area contributed by atoms with E-state index in [1.54, 1.807) is 25.1 Å². The van der Waals surface area contributed by atoms with E-state index in [1.165, 1.54) is 24.3 Å². The van der Waals surface area contributed by atoms with Crippen LogP contribution < -0.4 is 4.74 Å². The van der Waals surface area contributed by atoms with Crippen molar-refractivity contribution in [3.8, 4) is 5.75 Å². The average molecular weight is 497 g/mol. The third-order valence-electron chi connectivity index (χ3n) is 3.52. The first-order chi connectivity index (χ1) is 12.9. The number of carbonyl (C=O) groups is 2. The highest BCUT2D eigenvalue weighted by Gasteiger charge is 2.24. The minimum absolute atomic E-state index is 0.0392. The first-order valence-corrected chi connectivity index (χ1v) is 9.44. The summed E-state index contributed by atoms with van der Waals surface area (Å²) in [7, 11) is 0. The molecular weight excluding hydrogens is 485 g/mol. The van der Waals surface area contributed by atoms with E-state index in [-0.39, 0.29) is 24.0 Å². The maximum absolute atomic E-state index is 13.3. The predicted molar refractivity (Wildman–Crippen MR) is 105 cm³/mol. The fraction of sp³-hybridized carbons (Fsp3) is 0.105. The van der Waals surface area contributed by atoms with Crippen molar-refractivity contribution < 1.29 is 23.5 Å². The van der Waals surface area contributed by atoms with Gasteiger partial charge >= 0.3 is 11.9 Å². The van der Waals surface area contributed by atoms with Gasteiger partial charge < -0.3 is 9.47 Å². The summed E-state index contributed by atoms with van der Waals surface area (Å²) >= 11 is 6.69. The number of rotatable bonds is 4. The summed E-state index contributed by atoms with van der Waals surface area (Å²) < 4.78 is 24.8. The molecule has 0 radical (unpaired) electrons. The maximum atomic E-state index is 13.3. The minimum Gasteiger partial charge on any atom is -0.424 e. The van der Waals surface area contributed by atoms with Gasteiger partial charge in [-0.25, -0.2) is 14.2 Å². The van der Waals surface area contributed by atoms with Gasteiger partial charge in [0.1, 0.15) is 5.82 Å². The van der Waals surface area contributed by atoms with Crippen LogP contribution in [0.5, 0.6) is 5.75 Å². The van der Waals surface area contributed by atoms with E-state index in [9.17, 15) is 14.0 Å². The summed E-state index contributed by atoms with van der Waals surface area (Å²) in [5.41, 5.74) is 1.07. The first kappa shape index (κ1) is 19.4. The highest BCUT2D eigenvalue weighted by atomic mass is 79.9. The Kier molecular flexibility index (Phi) is 5.86. The number of nitrogens with zero attached hydrogens (tertiary/aromatic N) is 1. The highest BCUT2D eigenvalue weighted by molar-refractivity contribution is 9.11. The van der Waals surface area contributed by atoms with Gasteiger partial charge in [0.05, 0.1) is 8.95 Å². The van der Waals surface area contributed by atoms with Crippen molar-refractivity contribution in [3.63, 3.8) is 0 Å². The fourth-order valence-corrected chi connectivity index (χ4v) is 3.64. The molecule has 8 heteroatoms. The SMILES string of the molecule is CCC(=O)Oc1c(Br)cc(/C=C2\N=C(c3cccc(F)c3)OC2=O)cc1Br. The summed E-state index contributed by atoms with van der Waals surface area (Å²) in [5.74, 6) is -1.07. The molecule has 0 N–H and O–H groups in total. The van der Waals surface area contributed by atoms with Gasteiger partial charge in [0, 0.05) is 12.0 Å². The molecule has 1 aliphatic rings. The first-order valence-electron chi connectivity index (χ1n) is 7.85. The lowest BCUT2D eigenvalue weighted by molar-refractivity contribution is -0.134. The third-order valence-corrected chi connectivity index (χ3v) is 4.70. The Hall–Kier alpha value is -2.32. The maximum Gasteiger partial charge on any atom is 0.363 e. The van der Waals surface area contributed by atoms with Gasteiger partial charge in [0.25, 0.3) is 0 Å². The Morgan fingerprint density at radius 3 is 2.59 bits per heavy atom. The molecule has 0 bridgehead atoms. The molecule has 0 aliphatic carbocycles. The quantitative estimate of drug-likeness (QED) is 0.339. The zero-order valence-corrected chi connectivity index (χ0v) is 17.1. The monoisotopic (exact) mass is 495 g/mol. The molecule has 27 heavy (non-hydrogen) atoms. The van der Waals surface area contributed by atoms with Gasteiger partial charge in [0.15, 0.2) is 11.4 Å². The molecular formula is C19H12Br2FNO4. The van der Waals surface area contributed by atoms with Crippen molar-refractivity contribution in [2.75, 3.05) is 0 Å². The normalized spacial score (nSPS) is 14.9. The molecule has 0 fully saturated rings. The smallest absolute Gasteiger partial charge is 0.363 e. The highest BCUT2D eigenvalue weighted by Crippen LogP contribution is 2.36. The van der Waals surface area contributed by atoms with Crippen molar-refractivity contribution in [2.45, 2.75) is 13.3 Å². The van der Waals surface area contributed by atoms with Crippen molar-refractivity contribution in [1.82, 2.24) is 0 Å². The largest absolute Gasteiger partial charge is 0.424 e. The zero-order valence-electron chi connectivity index (χ0n) is 14.0. The number of cyclic esters (lactones) is 1. The molecule has 138 valence electrons. The number of hydrogen-bond donors (Lipinski definition) is 0. The number of carbonyl (C=O) groups excluding carboxylic acids is 2. The molecule has 0 amide bonds. The summed E-state index contributed by atoms with van der Waals surface area (Å²) in [6.45, 7) is 1.70. The van der Waals surface area contributed by atoms with E-state index < -0.39 is 11.8 Å². The van der Waals surface area contributed by atoms with Gasteiger partial charge in [-0.1, -0.05) is 13.0 Å². The Balaban J connectivity index is 1.92. The Labute approximate surface area is 171 Å². The number of aliphatic imine (C=N–C) groups is 1. The minimum atomic E-state index is -0.636. The van der Waals surface area contributed by atoms with Crippen LogP contribution in [0.3, 0.4) is 0 Å². The second kappa shape index (κ2) is 8.14. The number of hydrogen-bond acceptors (Lipinski definition) is 5. The topological polar surface area (TPSA) is 65.0 Å². The van der Waals surface area contributed by atoms with Crippen molar-refractivity contribution in [1.29, 1.82) is 0 Å². The van der Waals surface area contributed by atoms with E-state index in [1.807, 2.05) is 0 Å². The molecule has 0 spiro atoms. The number of benzene rings is 2. The lowest BCUT2D eigenvalue weighted by atomic mass is 10.2. The molecule has 0 aromatic heterocycles. The lowest BCUT2D eigenvalue weighted by Crippen LogP contribution is -2.06. The van der Waals surface area contributed by atoms with Crippen LogP contribution in [0.25, 0.3) is 6.08 Å². The van der Waals surface area contributed by atoms with Gasteiger partial charge in [0.2, 0.25) is 5.90 Å². The van der Waals surface area contributed by atoms with E-state index in [0.717, 1.165) is 0 Å². The fourth-order valence-electron chi connectivity index (χ4n) is 2.26. The van der Waals surface area contributed by atoms with Crippen LogP contribution in [0.1, 0.15) is 24.5 Å². The molecule has 1 aliphatic heterocycles. The van der Waals surface area contributed by atoms with E-state index >= 15 is 0 Å². The number of ether oxygens (including phenoxy) is 2. The average Bonchev–Trinajstić information content (AvgIpc) is 2.98. The molecule has 0 saturated heterocycles. The number of esters is 2. The van der Waals surface area contributed by atoms with E-state index in [0.29, 0.717) is 25.8 Å². The van der Waals surface area contributed by atoms with Crippen molar-refractivity contribution in [2.24, 2.45) is 4.99 Å². The molecule has 2 aromatic carbocycles. The van der Waals surface area contributed by atoms with Gasteiger partial charge in [-0.15, -0.1) is 0 Å². The van der Waals surface area contributed by atoms with Gasteiger partial charge in [-0.05, 0) is 73.8 Å². The Bertz CT molecular complexity index is 978. The van der Waals surface area contributed by atoms with Crippen LogP contribution in [0.2, 0.25) is 0 Å². The van der Waals surface area contributed by atoms with Crippen LogP contribution in [-0.4, -0.2) is 17.8 Å². The molecule has 0 atom stereocenters. The molecule has 0 unspecified atom stereocenters. The molecule has 2 aromatic rings. The van der Waals surface area contributed by atoms with E-state index in [4.69, 9.17) is 9.47 Å². The van der Waals surface area contributed by atoms with Crippen LogP contribution in [0.4, 0.5) is 4.39 Å². The van der Waals surface area contributed by atoms with Crippen LogP contribution in [-0.2, 0) is 14.3 Å². The zero-order chi connectivity index (χ0) is 19.6. The number of halogens is 3. The van der Waals surface area contributed by atoms with Crippen molar-refractivity contribution >= 4 is 55.8 Å². The molecule has 5 nitrogen and oxygen atoms in total. The van der Waals surface area contributed by atoms with Crippen LogP contribution in [0, 0.1) is 5.82 Å². The predicted octanol–water partition coefficient (Wildman–Crippen LogP) is 5.01. The second-order valence-corrected chi connectivity index (χ2v) is 7.20. The van der Waals surface area contributed by atoms with Crippen LogP contribution in [0.15, 0.2) is 56.0 Å². The molecule has 0 saturated carbocycles.